The van der Waals surface area contributed by atoms with Gasteiger partial charge >= 0.3 is 0 Å². The largest absolute Gasteiger partial charge is 0.352 e. The molecule has 2 aliphatic heterocycles. The molecule has 0 aromatic heterocycles. The van der Waals surface area contributed by atoms with Gasteiger partial charge in [0.25, 0.3) is 5.91 Å². The van der Waals surface area contributed by atoms with E-state index in [1.54, 1.807) is 17.0 Å². The second kappa shape index (κ2) is 8.47. The SMILES string of the molecule is N#CCSC1=Nc2ccccc2C2=NC(=O)C(CC(=O)NCc3ccc(F)cc3)N12. The lowest BCUT2D eigenvalue weighted by molar-refractivity contribution is -0.126. The Kier molecular flexibility index (Phi) is 5.59. The molecule has 0 spiro atoms. The van der Waals surface area contributed by atoms with Crippen LogP contribution in [-0.4, -0.2) is 39.5 Å². The van der Waals surface area contributed by atoms with Crippen molar-refractivity contribution in [3.05, 3.63) is 65.5 Å². The Morgan fingerprint density at radius 1 is 1.20 bits per heavy atom. The van der Waals surface area contributed by atoms with Crippen molar-refractivity contribution in [2.45, 2.75) is 19.0 Å². The van der Waals surface area contributed by atoms with Gasteiger partial charge in [0.1, 0.15) is 17.7 Å². The molecule has 1 unspecified atom stereocenters. The average Bonchev–Trinajstić information content (AvgIpc) is 3.08. The number of fused-ring (bicyclic) bond motifs is 3. The number of aliphatic imine (C=N–C) groups is 2. The smallest absolute Gasteiger partial charge is 0.271 e. The molecular weight excluding hydrogens is 405 g/mol. The highest BCUT2D eigenvalue weighted by molar-refractivity contribution is 8.14. The van der Waals surface area contributed by atoms with E-state index in [9.17, 15) is 14.0 Å². The minimum absolute atomic E-state index is 0.110. The second-order valence-electron chi connectivity index (χ2n) is 6.63. The fourth-order valence-electron chi connectivity index (χ4n) is 3.25. The quantitative estimate of drug-likeness (QED) is 0.801. The molecule has 2 aromatic carbocycles. The van der Waals surface area contributed by atoms with Gasteiger partial charge in [-0.25, -0.2) is 9.38 Å². The minimum atomic E-state index is -0.827. The molecule has 0 saturated carbocycles. The molecule has 0 aliphatic carbocycles. The van der Waals surface area contributed by atoms with Gasteiger partial charge in [0, 0.05) is 12.1 Å². The maximum absolute atomic E-state index is 13.0. The highest BCUT2D eigenvalue weighted by atomic mass is 32.2. The molecular formula is C21H16FN5O2S. The first-order chi connectivity index (χ1) is 14.6. The normalized spacial score (nSPS) is 16.9. The number of para-hydroxylation sites is 1. The lowest BCUT2D eigenvalue weighted by atomic mass is 10.1. The van der Waals surface area contributed by atoms with Crippen molar-refractivity contribution in [1.29, 1.82) is 5.26 Å². The predicted molar refractivity (Wildman–Crippen MR) is 112 cm³/mol. The first-order valence-electron chi connectivity index (χ1n) is 9.17. The van der Waals surface area contributed by atoms with Gasteiger partial charge in [0.15, 0.2) is 5.17 Å². The van der Waals surface area contributed by atoms with E-state index in [1.165, 1.54) is 23.9 Å². The maximum Gasteiger partial charge on any atom is 0.271 e. The monoisotopic (exact) mass is 421 g/mol. The molecule has 0 bridgehead atoms. The maximum atomic E-state index is 13.0. The lowest BCUT2D eigenvalue weighted by Gasteiger charge is -2.30. The first kappa shape index (κ1) is 19.8. The van der Waals surface area contributed by atoms with Gasteiger partial charge in [-0.2, -0.15) is 10.3 Å². The Morgan fingerprint density at radius 3 is 2.73 bits per heavy atom. The van der Waals surface area contributed by atoms with Crippen LogP contribution in [0.5, 0.6) is 0 Å². The van der Waals surface area contributed by atoms with Crippen LogP contribution in [-0.2, 0) is 16.1 Å². The summed E-state index contributed by atoms with van der Waals surface area (Å²) in [5.41, 5.74) is 2.13. The molecule has 9 heteroatoms. The summed E-state index contributed by atoms with van der Waals surface area (Å²) in [6.07, 6.45) is -0.110. The highest BCUT2D eigenvalue weighted by Gasteiger charge is 2.42. The molecule has 1 atom stereocenters. The molecule has 2 heterocycles. The summed E-state index contributed by atoms with van der Waals surface area (Å²) in [7, 11) is 0. The Hall–Kier alpha value is -3.51. The third-order valence-corrected chi connectivity index (χ3v) is 5.48. The van der Waals surface area contributed by atoms with E-state index in [0.29, 0.717) is 22.3 Å². The number of hydrogen-bond acceptors (Lipinski definition) is 6. The van der Waals surface area contributed by atoms with Crippen molar-refractivity contribution in [3.63, 3.8) is 0 Å². The van der Waals surface area contributed by atoms with E-state index in [2.05, 4.69) is 21.4 Å². The molecule has 7 nitrogen and oxygen atoms in total. The number of carbonyl (C=O) groups excluding carboxylic acids is 2. The van der Waals surface area contributed by atoms with Crippen molar-refractivity contribution < 1.29 is 14.0 Å². The Morgan fingerprint density at radius 2 is 1.97 bits per heavy atom. The van der Waals surface area contributed by atoms with Crippen molar-refractivity contribution in [3.8, 4) is 6.07 Å². The van der Waals surface area contributed by atoms with Crippen molar-refractivity contribution in [1.82, 2.24) is 10.2 Å². The van der Waals surface area contributed by atoms with Gasteiger partial charge in [0.2, 0.25) is 5.91 Å². The highest BCUT2D eigenvalue weighted by Crippen LogP contribution is 2.34. The van der Waals surface area contributed by atoms with Crippen molar-refractivity contribution >= 4 is 40.3 Å². The van der Waals surface area contributed by atoms with E-state index in [-0.39, 0.29) is 30.4 Å². The first-order valence-corrected chi connectivity index (χ1v) is 10.2. The number of hydrogen-bond donors (Lipinski definition) is 1. The van der Waals surface area contributed by atoms with Gasteiger partial charge in [0.05, 0.1) is 23.9 Å². The summed E-state index contributed by atoms with van der Waals surface area (Å²) in [5.74, 6) is -0.509. The zero-order valence-electron chi connectivity index (χ0n) is 15.7. The molecule has 0 fully saturated rings. The number of nitrogens with one attached hydrogen (secondary N) is 1. The predicted octanol–water partition coefficient (Wildman–Crippen LogP) is 2.75. The summed E-state index contributed by atoms with van der Waals surface area (Å²) in [6.45, 7) is 0.223. The van der Waals surface area contributed by atoms with Gasteiger partial charge in [-0.3, -0.25) is 14.5 Å². The number of benzene rings is 2. The molecule has 30 heavy (non-hydrogen) atoms. The van der Waals surface area contributed by atoms with Crippen LogP contribution in [0, 0.1) is 17.1 Å². The van der Waals surface area contributed by atoms with Gasteiger partial charge in [-0.1, -0.05) is 36.0 Å². The Balaban J connectivity index is 1.52. The van der Waals surface area contributed by atoms with Crippen LogP contribution < -0.4 is 5.32 Å². The number of thioether (sulfide) groups is 1. The zero-order valence-corrected chi connectivity index (χ0v) is 16.5. The van der Waals surface area contributed by atoms with E-state index in [4.69, 9.17) is 5.26 Å². The van der Waals surface area contributed by atoms with Gasteiger partial charge in [-0.05, 0) is 29.8 Å². The third kappa shape index (κ3) is 3.95. The standard InChI is InChI=1S/C21H16FN5O2S/c22-14-7-5-13(6-8-14)12-24-18(28)11-17-20(29)26-19-15-3-1-2-4-16(15)25-21(27(17)19)30-10-9-23/h1-8,17H,10-12H2,(H,24,28). The Bertz CT molecular complexity index is 1110. The summed E-state index contributed by atoms with van der Waals surface area (Å²) >= 11 is 1.20. The van der Waals surface area contributed by atoms with Crippen LogP contribution in [0.25, 0.3) is 0 Å². The number of nitriles is 1. The number of nitrogens with zero attached hydrogens (tertiary/aromatic N) is 4. The number of halogens is 1. The fraction of sp³-hybridized carbons (Fsp3) is 0.190. The third-order valence-electron chi connectivity index (χ3n) is 4.66. The Labute approximate surface area is 176 Å². The summed E-state index contributed by atoms with van der Waals surface area (Å²) in [6, 6.07) is 14.3. The van der Waals surface area contributed by atoms with Crippen molar-refractivity contribution in [2.75, 3.05) is 5.75 Å². The van der Waals surface area contributed by atoms with Gasteiger partial charge < -0.3 is 5.32 Å². The summed E-state index contributed by atoms with van der Waals surface area (Å²) < 4.78 is 13.0. The average molecular weight is 421 g/mol. The van der Waals surface area contributed by atoms with Crippen LogP contribution in [0.2, 0.25) is 0 Å². The van der Waals surface area contributed by atoms with E-state index in [1.807, 2.05) is 24.3 Å². The van der Waals surface area contributed by atoms with Crippen LogP contribution in [0.15, 0.2) is 58.5 Å². The zero-order chi connectivity index (χ0) is 21.1. The molecule has 2 amide bonds. The molecule has 2 aliphatic rings. The van der Waals surface area contributed by atoms with Crippen molar-refractivity contribution in [2.24, 2.45) is 9.98 Å². The molecule has 2 aromatic rings. The molecule has 150 valence electrons. The summed E-state index contributed by atoms with van der Waals surface area (Å²) in [5, 5.41) is 12.2. The van der Waals surface area contributed by atoms with Crippen LogP contribution in [0.1, 0.15) is 17.5 Å². The number of carbonyl (C=O) groups is 2. The molecule has 4 rings (SSSR count). The topological polar surface area (TPSA) is 97.9 Å². The van der Waals surface area contributed by atoms with Gasteiger partial charge in [-0.15, -0.1) is 0 Å². The van der Waals surface area contributed by atoms with E-state index in [0.717, 1.165) is 5.56 Å². The number of amidine groups is 2. The molecule has 0 saturated heterocycles. The fourth-order valence-corrected chi connectivity index (χ4v) is 3.96. The van der Waals surface area contributed by atoms with Crippen LogP contribution >= 0.6 is 11.8 Å². The second-order valence-corrected chi connectivity index (χ2v) is 7.57. The number of amides is 2. The van der Waals surface area contributed by atoms with E-state index < -0.39 is 11.9 Å². The number of rotatable bonds is 5. The molecule has 0 radical (unpaired) electrons. The summed E-state index contributed by atoms with van der Waals surface area (Å²) in [4.78, 5) is 35.5. The van der Waals surface area contributed by atoms with Crippen LogP contribution in [0.4, 0.5) is 10.1 Å². The molecule has 1 N–H and O–H groups in total. The van der Waals surface area contributed by atoms with E-state index >= 15 is 0 Å². The minimum Gasteiger partial charge on any atom is -0.352 e. The van der Waals surface area contributed by atoms with Crippen LogP contribution in [0.3, 0.4) is 0 Å². The lowest BCUT2D eigenvalue weighted by Crippen LogP contribution is -2.45.